The number of benzene rings is 3. The highest BCUT2D eigenvalue weighted by Gasteiger charge is 2.32. The monoisotopic (exact) mass is 599 g/mol. The molecule has 0 unspecified atom stereocenters. The number of anilines is 1. The molecule has 0 saturated heterocycles. The van der Waals surface area contributed by atoms with E-state index in [2.05, 4.69) is 5.32 Å². The number of rotatable bonds is 13. The minimum absolute atomic E-state index is 0.0172. The van der Waals surface area contributed by atoms with Gasteiger partial charge in [-0.05, 0) is 88.2 Å². The molecule has 2 atom stereocenters. The van der Waals surface area contributed by atoms with Crippen LogP contribution in [0.3, 0.4) is 0 Å². The molecule has 0 heterocycles. The molecule has 10 heteroatoms. The van der Waals surface area contributed by atoms with Gasteiger partial charge in [-0.2, -0.15) is 0 Å². The lowest BCUT2D eigenvalue weighted by Gasteiger charge is -2.32. The minimum Gasteiger partial charge on any atom is -0.494 e. The average molecular weight is 600 g/mol. The van der Waals surface area contributed by atoms with Gasteiger partial charge < -0.3 is 15.0 Å². The van der Waals surface area contributed by atoms with E-state index in [4.69, 9.17) is 16.3 Å². The van der Waals surface area contributed by atoms with E-state index >= 15 is 0 Å². The molecule has 8 nitrogen and oxygen atoms in total. The smallest absolute Gasteiger partial charge is 0.264 e. The van der Waals surface area contributed by atoms with E-state index in [0.29, 0.717) is 17.4 Å². The van der Waals surface area contributed by atoms with Crippen LogP contribution in [0.1, 0.15) is 45.2 Å². The number of nitrogens with one attached hydrogen (secondary N) is 1. The van der Waals surface area contributed by atoms with Crippen LogP contribution in [0.5, 0.6) is 5.75 Å². The lowest BCUT2D eigenvalue weighted by Crippen LogP contribution is -2.52. The second-order valence-corrected chi connectivity index (χ2v) is 12.2. The van der Waals surface area contributed by atoms with Crippen LogP contribution in [0.15, 0.2) is 77.7 Å². The van der Waals surface area contributed by atoms with Crippen molar-refractivity contribution in [1.29, 1.82) is 0 Å². The normalized spacial score (nSPS) is 12.7. The van der Waals surface area contributed by atoms with Crippen molar-refractivity contribution in [2.75, 3.05) is 17.5 Å². The summed E-state index contributed by atoms with van der Waals surface area (Å²) >= 11 is 6.01. The zero-order chi connectivity index (χ0) is 30.2. The Hall–Kier alpha value is -3.56. The van der Waals surface area contributed by atoms with Crippen molar-refractivity contribution in [1.82, 2.24) is 10.2 Å². The zero-order valence-electron chi connectivity index (χ0n) is 24.1. The highest BCUT2D eigenvalue weighted by atomic mass is 35.5. The average Bonchev–Trinajstić information content (AvgIpc) is 2.95. The molecule has 0 aliphatic rings. The first-order valence-corrected chi connectivity index (χ1v) is 15.4. The van der Waals surface area contributed by atoms with Crippen molar-refractivity contribution in [3.8, 4) is 5.75 Å². The summed E-state index contributed by atoms with van der Waals surface area (Å²) < 4.78 is 34.4. The third kappa shape index (κ3) is 8.47. The first-order chi connectivity index (χ1) is 19.5. The fourth-order valence-corrected chi connectivity index (χ4v) is 5.73. The Bertz CT molecular complexity index is 1430. The Balaban J connectivity index is 2.03. The predicted molar refractivity (Wildman–Crippen MR) is 163 cm³/mol. The number of nitrogens with zero attached hydrogens (tertiary/aromatic N) is 2. The summed E-state index contributed by atoms with van der Waals surface area (Å²) in [6, 6.07) is 19.0. The van der Waals surface area contributed by atoms with Crippen LogP contribution in [0.25, 0.3) is 0 Å². The van der Waals surface area contributed by atoms with Crippen molar-refractivity contribution >= 4 is 39.1 Å². The highest BCUT2D eigenvalue weighted by Crippen LogP contribution is 2.27. The molecule has 41 heavy (non-hydrogen) atoms. The fourth-order valence-electron chi connectivity index (χ4n) is 4.19. The molecular weight excluding hydrogens is 562 g/mol. The van der Waals surface area contributed by atoms with Gasteiger partial charge in [0.2, 0.25) is 11.8 Å². The van der Waals surface area contributed by atoms with Crippen molar-refractivity contribution in [2.24, 2.45) is 0 Å². The Morgan fingerprint density at radius 1 is 0.976 bits per heavy atom. The Kier molecular flexibility index (Phi) is 11.2. The molecule has 0 bridgehead atoms. The number of ether oxygens (including phenoxy) is 1. The van der Waals surface area contributed by atoms with Gasteiger partial charge in [0.1, 0.15) is 18.3 Å². The summed E-state index contributed by atoms with van der Waals surface area (Å²) in [6.45, 7) is 9.37. The quantitative estimate of drug-likeness (QED) is 0.277. The molecule has 2 amide bonds. The third-order valence-corrected chi connectivity index (χ3v) is 8.76. The largest absolute Gasteiger partial charge is 0.494 e. The number of hydrogen-bond donors (Lipinski definition) is 1. The van der Waals surface area contributed by atoms with Crippen LogP contribution in [0, 0.1) is 6.92 Å². The molecule has 0 saturated carbocycles. The van der Waals surface area contributed by atoms with E-state index in [1.807, 2.05) is 52.0 Å². The maximum Gasteiger partial charge on any atom is 0.264 e. The van der Waals surface area contributed by atoms with Gasteiger partial charge in [0, 0.05) is 17.6 Å². The first kappa shape index (κ1) is 32.0. The second kappa shape index (κ2) is 14.4. The molecule has 3 rings (SSSR count). The molecule has 0 aliphatic heterocycles. The first-order valence-electron chi connectivity index (χ1n) is 13.6. The summed E-state index contributed by atoms with van der Waals surface area (Å²) in [5.74, 6) is -0.263. The van der Waals surface area contributed by atoms with Crippen LogP contribution < -0.4 is 14.4 Å². The number of sulfonamides is 1. The molecule has 3 aromatic carbocycles. The van der Waals surface area contributed by atoms with E-state index in [1.165, 1.54) is 29.2 Å². The number of amides is 2. The van der Waals surface area contributed by atoms with Crippen LogP contribution in [-0.4, -0.2) is 50.4 Å². The van der Waals surface area contributed by atoms with Gasteiger partial charge in [-0.25, -0.2) is 8.42 Å². The number of hydrogen-bond acceptors (Lipinski definition) is 5. The van der Waals surface area contributed by atoms with Gasteiger partial charge in [0.05, 0.1) is 17.2 Å². The Morgan fingerprint density at radius 2 is 1.63 bits per heavy atom. The molecule has 1 N–H and O–H groups in total. The molecule has 0 aromatic heterocycles. The second-order valence-electron chi connectivity index (χ2n) is 9.90. The SMILES string of the molecule is CCOc1ccc(N(CC(=O)N(Cc2cccc(C)c2)[C@H](C)C(=O)N[C@@H](C)CC)S(=O)(=O)c2ccc(Cl)cc2)cc1. The van der Waals surface area contributed by atoms with Crippen LogP contribution in [0.4, 0.5) is 5.69 Å². The molecule has 3 aromatic rings. The summed E-state index contributed by atoms with van der Waals surface area (Å²) in [5, 5.41) is 3.32. The number of aryl methyl sites for hydroxylation is 1. The Morgan fingerprint density at radius 3 is 2.22 bits per heavy atom. The molecule has 0 radical (unpaired) electrons. The van der Waals surface area contributed by atoms with Crippen LogP contribution in [-0.2, 0) is 26.2 Å². The number of carbonyl (C=O) groups excluding carboxylic acids is 2. The summed E-state index contributed by atoms with van der Waals surface area (Å²) in [5.41, 5.74) is 2.12. The van der Waals surface area contributed by atoms with Crippen molar-refractivity contribution in [3.63, 3.8) is 0 Å². The van der Waals surface area contributed by atoms with E-state index in [0.717, 1.165) is 21.9 Å². The minimum atomic E-state index is -4.19. The molecule has 0 fully saturated rings. The maximum absolute atomic E-state index is 14.0. The fraction of sp³-hybridized carbons (Fsp3) is 0.355. The lowest BCUT2D eigenvalue weighted by atomic mass is 10.1. The molecule has 0 spiro atoms. The molecule has 0 aliphatic carbocycles. The lowest BCUT2D eigenvalue weighted by molar-refractivity contribution is -0.139. The highest BCUT2D eigenvalue weighted by molar-refractivity contribution is 7.92. The summed E-state index contributed by atoms with van der Waals surface area (Å²) in [4.78, 5) is 28.6. The standard InChI is InChI=1S/C31H38ClN3O5S/c1-6-23(4)33-31(37)24(5)34(20-25-10-8-9-22(3)19-25)30(36)21-35(27-13-15-28(16-14-27)40-7-2)41(38,39)29-17-11-26(32)12-18-29/h8-19,23-24H,6-7,20-21H2,1-5H3,(H,33,37)/t23-,24+/m0/s1. The third-order valence-electron chi connectivity index (χ3n) is 6.72. The van der Waals surface area contributed by atoms with Gasteiger partial charge in [-0.1, -0.05) is 48.4 Å². The van der Waals surface area contributed by atoms with E-state index < -0.39 is 28.5 Å². The van der Waals surface area contributed by atoms with E-state index in [-0.39, 0.29) is 29.1 Å². The number of carbonyl (C=O) groups is 2. The van der Waals surface area contributed by atoms with Gasteiger partial charge in [-0.15, -0.1) is 0 Å². The Labute approximate surface area is 248 Å². The van der Waals surface area contributed by atoms with Crippen LogP contribution in [0.2, 0.25) is 5.02 Å². The predicted octanol–water partition coefficient (Wildman–Crippen LogP) is 5.57. The summed E-state index contributed by atoms with van der Waals surface area (Å²) in [6.07, 6.45) is 0.731. The van der Waals surface area contributed by atoms with Gasteiger partial charge in [-0.3, -0.25) is 13.9 Å². The topological polar surface area (TPSA) is 96.0 Å². The summed E-state index contributed by atoms with van der Waals surface area (Å²) in [7, 11) is -4.19. The van der Waals surface area contributed by atoms with Gasteiger partial charge in [0.15, 0.2) is 0 Å². The van der Waals surface area contributed by atoms with Crippen LogP contribution >= 0.6 is 11.6 Å². The molecular formula is C31H38ClN3O5S. The maximum atomic E-state index is 14.0. The molecule has 220 valence electrons. The van der Waals surface area contributed by atoms with Gasteiger partial charge in [0.25, 0.3) is 10.0 Å². The van der Waals surface area contributed by atoms with Gasteiger partial charge >= 0.3 is 0 Å². The zero-order valence-corrected chi connectivity index (χ0v) is 25.7. The van der Waals surface area contributed by atoms with E-state index in [1.54, 1.807) is 31.2 Å². The van der Waals surface area contributed by atoms with Crippen molar-refractivity contribution in [3.05, 3.63) is 88.9 Å². The van der Waals surface area contributed by atoms with Crippen molar-refractivity contribution < 1.29 is 22.7 Å². The van der Waals surface area contributed by atoms with Crippen molar-refractivity contribution in [2.45, 2.75) is 64.6 Å². The van der Waals surface area contributed by atoms with E-state index in [9.17, 15) is 18.0 Å². The number of halogens is 1.